The van der Waals surface area contributed by atoms with Crippen molar-refractivity contribution in [3.8, 4) is 29.0 Å². The van der Waals surface area contributed by atoms with Crippen LogP contribution < -0.4 is 0 Å². The van der Waals surface area contributed by atoms with Crippen molar-refractivity contribution in [1.82, 2.24) is 4.57 Å². The minimum absolute atomic E-state index is 0.576. The van der Waals surface area contributed by atoms with E-state index in [1.54, 1.807) is 0 Å². The molecule has 0 N–H and O–H groups in total. The van der Waals surface area contributed by atoms with E-state index in [1.807, 2.05) is 78.9 Å². The Hall–Kier alpha value is -6.30. The van der Waals surface area contributed by atoms with Crippen molar-refractivity contribution in [2.45, 2.75) is 0 Å². The molecule has 43 heavy (non-hydrogen) atoms. The summed E-state index contributed by atoms with van der Waals surface area (Å²) in [4.78, 5) is 0. The zero-order valence-corrected chi connectivity index (χ0v) is 22.6. The molecule has 5 nitrogen and oxygen atoms in total. The number of benzene rings is 6. The summed E-state index contributed by atoms with van der Waals surface area (Å²) in [7, 11) is 0. The first-order valence-electron chi connectivity index (χ1n) is 14.0. The first-order chi connectivity index (χ1) is 21.2. The van der Waals surface area contributed by atoms with Crippen LogP contribution in [0, 0.1) is 22.7 Å². The van der Waals surface area contributed by atoms with Crippen LogP contribution in [-0.2, 0) is 0 Å². The van der Waals surface area contributed by atoms with E-state index in [4.69, 9.17) is 8.83 Å². The van der Waals surface area contributed by atoms with Crippen molar-refractivity contribution in [3.05, 3.63) is 126 Å². The third kappa shape index (κ3) is 3.25. The van der Waals surface area contributed by atoms with Crippen molar-refractivity contribution in [3.63, 3.8) is 0 Å². The number of hydrogen-bond donors (Lipinski definition) is 0. The normalized spacial score (nSPS) is 11.7. The highest BCUT2D eigenvalue weighted by atomic mass is 16.4. The van der Waals surface area contributed by atoms with Gasteiger partial charge in [-0.1, -0.05) is 42.5 Å². The lowest BCUT2D eigenvalue weighted by Crippen LogP contribution is -1.98. The fourth-order valence-corrected chi connectivity index (χ4v) is 6.52. The molecule has 198 valence electrons. The Kier molecular flexibility index (Phi) is 4.68. The van der Waals surface area contributed by atoms with Gasteiger partial charge in [-0.25, -0.2) is 0 Å². The van der Waals surface area contributed by atoms with Gasteiger partial charge in [0.15, 0.2) is 11.2 Å². The van der Waals surface area contributed by atoms with E-state index >= 15 is 0 Å². The van der Waals surface area contributed by atoms with Crippen LogP contribution in [0.4, 0.5) is 0 Å². The number of hydrogen-bond acceptors (Lipinski definition) is 4. The van der Waals surface area contributed by atoms with Crippen LogP contribution in [0.25, 0.3) is 82.5 Å². The summed E-state index contributed by atoms with van der Waals surface area (Å²) < 4.78 is 14.9. The molecule has 0 unspecified atom stereocenters. The van der Waals surface area contributed by atoms with Gasteiger partial charge >= 0.3 is 0 Å². The highest BCUT2D eigenvalue weighted by Gasteiger charge is 2.19. The molecule has 0 bridgehead atoms. The van der Waals surface area contributed by atoms with Crippen LogP contribution in [0.1, 0.15) is 11.1 Å². The summed E-state index contributed by atoms with van der Waals surface area (Å²) in [6.45, 7) is 0. The van der Waals surface area contributed by atoms with Gasteiger partial charge in [0.1, 0.15) is 11.2 Å². The Morgan fingerprint density at radius 2 is 1.14 bits per heavy atom. The van der Waals surface area contributed by atoms with Gasteiger partial charge in [-0.05, 0) is 78.4 Å². The maximum absolute atomic E-state index is 9.86. The summed E-state index contributed by atoms with van der Waals surface area (Å²) in [5, 5.41) is 25.6. The molecule has 0 amide bonds. The smallest absolute Gasteiger partial charge is 0.178 e. The molecule has 0 saturated carbocycles. The molecule has 9 rings (SSSR count). The molecule has 3 aromatic heterocycles. The number of fused-ring (bicyclic) bond motifs is 10. The largest absolute Gasteiger partial charge is 0.452 e. The Labute approximate surface area is 244 Å². The summed E-state index contributed by atoms with van der Waals surface area (Å²) in [6.07, 6.45) is 0. The average Bonchev–Trinajstić information content (AvgIpc) is 3.73. The molecule has 0 saturated heterocycles. The number of nitriles is 2. The van der Waals surface area contributed by atoms with Crippen molar-refractivity contribution in [2.24, 2.45) is 0 Å². The van der Waals surface area contributed by atoms with Crippen molar-refractivity contribution < 1.29 is 8.83 Å². The van der Waals surface area contributed by atoms with Gasteiger partial charge in [-0.15, -0.1) is 0 Å². The van der Waals surface area contributed by atoms with Crippen molar-refractivity contribution in [1.29, 1.82) is 10.5 Å². The van der Waals surface area contributed by atoms with Gasteiger partial charge in [0.05, 0.1) is 40.0 Å². The van der Waals surface area contributed by atoms with E-state index < -0.39 is 0 Å². The molecular formula is C38H19N3O2. The number of nitrogens with zero attached hydrogens (tertiary/aromatic N) is 3. The summed E-state index contributed by atoms with van der Waals surface area (Å²) in [5.74, 6) is 0. The van der Waals surface area contributed by atoms with Crippen LogP contribution in [0.2, 0.25) is 0 Å². The third-order valence-corrected chi connectivity index (χ3v) is 8.46. The Bertz CT molecular complexity index is 2710. The van der Waals surface area contributed by atoms with E-state index in [9.17, 15) is 10.5 Å². The fourth-order valence-electron chi connectivity index (χ4n) is 6.52. The van der Waals surface area contributed by atoms with Gasteiger partial charge in [-0.3, -0.25) is 0 Å². The quantitative estimate of drug-likeness (QED) is 0.215. The van der Waals surface area contributed by atoms with E-state index in [2.05, 4.69) is 53.1 Å². The predicted molar refractivity (Wildman–Crippen MR) is 170 cm³/mol. The fraction of sp³-hybridized carbons (Fsp3) is 0. The molecule has 9 aromatic rings. The minimum Gasteiger partial charge on any atom is -0.452 e. The second-order valence-corrected chi connectivity index (χ2v) is 10.8. The molecule has 0 aliphatic rings. The molecule has 0 spiro atoms. The van der Waals surface area contributed by atoms with Gasteiger partial charge in [-0.2, -0.15) is 10.5 Å². The molecular weight excluding hydrogens is 530 g/mol. The van der Waals surface area contributed by atoms with Crippen LogP contribution in [0.3, 0.4) is 0 Å². The van der Waals surface area contributed by atoms with Crippen LogP contribution in [-0.4, -0.2) is 4.57 Å². The molecule has 0 radical (unpaired) electrons. The molecule has 5 heteroatoms. The third-order valence-electron chi connectivity index (χ3n) is 8.46. The SMILES string of the molecule is N#Cc1ccc(-n2c3ccccc3c3cc(C#N)ccc32)c(-c2ccc3oc4c(ccc5c6ccccc6oc54)c3c2)c1. The Morgan fingerprint density at radius 3 is 1.95 bits per heavy atom. The Balaban J connectivity index is 1.32. The summed E-state index contributed by atoms with van der Waals surface area (Å²) in [6, 6.07) is 42.8. The van der Waals surface area contributed by atoms with Gasteiger partial charge in [0, 0.05) is 37.9 Å². The zero-order chi connectivity index (χ0) is 28.7. The summed E-state index contributed by atoms with van der Waals surface area (Å²) >= 11 is 0. The second-order valence-electron chi connectivity index (χ2n) is 10.8. The lowest BCUT2D eigenvalue weighted by atomic mass is 9.98. The minimum atomic E-state index is 0.576. The number of aromatic nitrogens is 1. The number of furan rings is 2. The highest BCUT2D eigenvalue weighted by Crippen LogP contribution is 2.41. The molecule has 0 aliphatic carbocycles. The maximum Gasteiger partial charge on any atom is 0.178 e. The van der Waals surface area contributed by atoms with Gasteiger partial charge in [0.2, 0.25) is 0 Å². The number of para-hydroxylation sites is 2. The Morgan fingerprint density at radius 1 is 0.488 bits per heavy atom. The average molecular weight is 550 g/mol. The lowest BCUT2D eigenvalue weighted by molar-refractivity contribution is 0.633. The van der Waals surface area contributed by atoms with E-state index in [0.29, 0.717) is 11.1 Å². The molecule has 0 atom stereocenters. The first-order valence-corrected chi connectivity index (χ1v) is 14.0. The van der Waals surface area contributed by atoms with E-state index in [1.165, 1.54) is 0 Å². The number of rotatable bonds is 2. The van der Waals surface area contributed by atoms with Gasteiger partial charge < -0.3 is 13.4 Å². The molecule has 0 fully saturated rings. The summed E-state index contributed by atoms with van der Waals surface area (Å²) in [5.41, 5.74) is 9.11. The van der Waals surface area contributed by atoms with Gasteiger partial charge in [0.25, 0.3) is 0 Å². The van der Waals surface area contributed by atoms with E-state index in [0.717, 1.165) is 82.5 Å². The molecule has 3 heterocycles. The second kappa shape index (κ2) is 8.60. The van der Waals surface area contributed by atoms with Crippen molar-refractivity contribution in [2.75, 3.05) is 0 Å². The van der Waals surface area contributed by atoms with Crippen LogP contribution in [0.5, 0.6) is 0 Å². The van der Waals surface area contributed by atoms with Crippen molar-refractivity contribution >= 4 is 65.7 Å². The first kappa shape index (κ1) is 23.4. The van der Waals surface area contributed by atoms with Crippen LogP contribution >= 0.6 is 0 Å². The van der Waals surface area contributed by atoms with E-state index in [-0.39, 0.29) is 0 Å². The van der Waals surface area contributed by atoms with Crippen LogP contribution in [0.15, 0.2) is 124 Å². The molecule has 6 aromatic carbocycles. The topological polar surface area (TPSA) is 78.8 Å². The predicted octanol–water partition coefficient (Wildman–Crippen LogP) is 9.99. The lowest BCUT2D eigenvalue weighted by Gasteiger charge is -2.15. The zero-order valence-electron chi connectivity index (χ0n) is 22.6. The monoisotopic (exact) mass is 549 g/mol. The standard InChI is InChI=1S/C38H19N3O2/c39-20-22-9-14-33(41-32-7-3-1-5-25(32)30-18-23(21-40)10-15-34(30)41)29(17-22)24-11-16-36-31(19-24)28-13-12-27-26-6-2-4-8-35(26)42-37(27)38(28)43-36/h1-19H. The highest BCUT2D eigenvalue weighted by molar-refractivity contribution is 6.19. The maximum atomic E-state index is 9.86. The molecule has 0 aliphatic heterocycles.